The Hall–Kier alpha value is -1.71. The van der Waals surface area contributed by atoms with Gasteiger partial charge in [-0.15, -0.1) is 0 Å². The maximum atomic E-state index is 5.88. The first-order valence-corrected chi connectivity index (χ1v) is 7.15. The molecule has 1 unspecified atom stereocenters. The van der Waals surface area contributed by atoms with E-state index in [9.17, 15) is 0 Å². The number of hydrogen-bond acceptors (Lipinski definition) is 3. The monoisotopic (exact) mass is 268 g/mol. The number of aromatic nitrogens is 1. The summed E-state index contributed by atoms with van der Waals surface area (Å²) < 4.78 is 5.88. The zero-order chi connectivity index (χ0) is 13.8. The zero-order valence-electron chi connectivity index (χ0n) is 11.8. The summed E-state index contributed by atoms with van der Waals surface area (Å²) in [7, 11) is 0. The van der Waals surface area contributed by atoms with Crippen molar-refractivity contribution in [2.24, 2.45) is 0 Å². The van der Waals surface area contributed by atoms with E-state index in [2.05, 4.69) is 40.6 Å². The Labute approximate surface area is 120 Å². The van der Waals surface area contributed by atoms with Gasteiger partial charge in [0.2, 0.25) is 0 Å². The van der Waals surface area contributed by atoms with Gasteiger partial charge in [0.25, 0.3) is 0 Å². The second kappa shape index (κ2) is 6.16. The Bertz CT molecular complexity index is 583. The highest BCUT2D eigenvalue weighted by molar-refractivity contribution is 5.31. The number of pyridine rings is 1. The molecule has 1 aliphatic rings. The molecule has 3 heteroatoms. The van der Waals surface area contributed by atoms with Gasteiger partial charge in [-0.05, 0) is 36.6 Å². The van der Waals surface area contributed by atoms with E-state index < -0.39 is 0 Å². The number of nitrogens with zero attached hydrogens (tertiary/aromatic N) is 1. The minimum Gasteiger partial charge on any atom is -0.372 e. The summed E-state index contributed by atoms with van der Waals surface area (Å²) in [5, 5.41) is 3.45. The van der Waals surface area contributed by atoms with Crippen LogP contribution in [0.5, 0.6) is 0 Å². The molecule has 20 heavy (non-hydrogen) atoms. The highest BCUT2D eigenvalue weighted by atomic mass is 16.5. The Kier molecular flexibility index (Phi) is 4.09. The third kappa shape index (κ3) is 3.06. The van der Waals surface area contributed by atoms with Crippen molar-refractivity contribution in [1.29, 1.82) is 0 Å². The fourth-order valence-electron chi connectivity index (χ4n) is 2.68. The summed E-state index contributed by atoms with van der Waals surface area (Å²) in [6.45, 7) is 4.44. The molecule has 1 aromatic carbocycles. The van der Waals surface area contributed by atoms with Gasteiger partial charge in [0.05, 0.1) is 18.4 Å². The summed E-state index contributed by atoms with van der Waals surface area (Å²) in [6, 6.07) is 14.7. The van der Waals surface area contributed by atoms with Crippen molar-refractivity contribution in [3.63, 3.8) is 0 Å². The van der Waals surface area contributed by atoms with Crippen molar-refractivity contribution in [2.45, 2.75) is 26.0 Å². The molecule has 104 valence electrons. The molecule has 0 saturated heterocycles. The molecule has 0 spiro atoms. The maximum Gasteiger partial charge on any atom is 0.0952 e. The predicted octanol–water partition coefficient (Wildman–Crippen LogP) is 2.79. The highest BCUT2D eigenvalue weighted by Crippen LogP contribution is 2.26. The third-order valence-corrected chi connectivity index (χ3v) is 3.67. The van der Waals surface area contributed by atoms with E-state index in [4.69, 9.17) is 4.74 Å². The molecule has 3 nitrogen and oxygen atoms in total. The van der Waals surface area contributed by atoms with E-state index in [1.807, 2.05) is 19.1 Å². The van der Waals surface area contributed by atoms with E-state index in [-0.39, 0.29) is 6.10 Å². The van der Waals surface area contributed by atoms with Crippen LogP contribution < -0.4 is 5.32 Å². The molecule has 0 fully saturated rings. The lowest BCUT2D eigenvalue weighted by atomic mass is 9.97. The van der Waals surface area contributed by atoms with Gasteiger partial charge in [-0.25, -0.2) is 0 Å². The van der Waals surface area contributed by atoms with E-state index in [1.54, 1.807) is 0 Å². The molecule has 1 N–H and O–H groups in total. The van der Waals surface area contributed by atoms with Crippen LogP contribution in [0.25, 0.3) is 0 Å². The van der Waals surface area contributed by atoms with Gasteiger partial charge in [-0.2, -0.15) is 0 Å². The van der Waals surface area contributed by atoms with Gasteiger partial charge in [0, 0.05) is 18.8 Å². The molecule has 2 aromatic rings. The Balaban J connectivity index is 1.60. The lowest BCUT2D eigenvalue weighted by molar-refractivity contribution is 0.0423. The normalized spacial score (nSPS) is 17.8. The second-order valence-corrected chi connectivity index (χ2v) is 5.21. The molecule has 0 bridgehead atoms. The number of fused-ring (bicyclic) bond motifs is 1. The van der Waals surface area contributed by atoms with Crippen LogP contribution in [0, 0.1) is 6.92 Å². The lowest BCUT2D eigenvalue weighted by Gasteiger charge is -2.26. The molecular weight excluding hydrogens is 248 g/mol. The summed E-state index contributed by atoms with van der Waals surface area (Å²) in [6.07, 6.45) is 1.18. The van der Waals surface area contributed by atoms with Crippen LogP contribution in [0.3, 0.4) is 0 Å². The Morgan fingerprint density at radius 2 is 2.10 bits per heavy atom. The van der Waals surface area contributed by atoms with Gasteiger partial charge >= 0.3 is 0 Å². The first-order valence-electron chi connectivity index (χ1n) is 7.15. The summed E-state index contributed by atoms with van der Waals surface area (Å²) in [5.74, 6) is 0. The first-order chi connectivity index (χ1) is 9.83. The van der Waals surface area contributed by atoms with Crippen molar-refractivity contribution >= 4 is 0 Å². The van der Waals surface area contributed by atoms with Crippen molar-refractivity contribution in [3.8, 4) is 0 Å². The van der Waals surface area contributed by atoms with E-state index in [1.165, 1.54) is 11.1 Å². The van der Waals surface area contributed by atoms with Crippen LogP contribution in [0.1, 0.15) is 28.6 Å². The van der Waals surface area contributed by atoms with Gasteiger partial charge in [0.1, 0.15) is 0 Å². The average Bonchev–Trinajstić information content (AvgIpc) is 2.48. The van der Waals surface area contributed by atoms with Crippen molar-refractivity contribution in [3.05, 3.63) is 65.0 Å². The number of rotatable bonds is 4. The summed E-state index contributed by atoms with van der Waals surface area (Å²) in [5.41, 5.74) is 4.88. The standard InChI is InChI=1S/C17H20N2O/c1-13-5-4-7-15(19-13)11-18-12-17-16-8-3-2-6-14(16)9-10-20-17/h2-8,17-18H,9-12H2,1H3. The average molecular weight is 268 g/mol. The fourth-order valence-corrected chi connectivity index (χ4v) is 2.68. The van der Waals surface area contributed by atoms with Gasteiger partial charge < -0.3 is 10.1 Å². The molecule has 1 atom stereocenters. The lowest BCUT2D eigenvalue weighted by Crippen LogP contribution is -2.27. The van der Waals surface area contributed by atoms with Crippen LogP contribution in [0.2, 0.25) is 0 Å². The minimum absolute atomic E-state index is 0.157. The molecular formula is C17H20N2O. The molecule has 1 aliphatic heterocycles. The van der Waals surface area contributed by atoms with Crippen LogP contribution in [0.15, 0.2) is 42.5 Å². The highest BCUT2D eigenvalue weighted by Gasteiger charge is 2.19. The molecule has 0 amide bonds. The number of hydrogen-bond donors (Lipinski definition) is 1. The summed E-state index contributed by atoms with van der Waals surface area (Å²) in [4.78, 5) is 4.50. The number of benzene rings is 1. The molecule has 0 aliphatic carbocycles. The quantitative estimate of drug-likeness (QED) is 0.926. The second-order valence-electron chi connectivity index (χ2n) is 5.21. The molecule has 2 heterocycles. The van der Waals surface area contributed by atoms with Gasteiger partial charge in [0.15, 0.2) is 0 Å². The number of aryl methyl sites for hydroxylation is 1. The zero-order valence-corrected chi connectivity index (χ0v) is 11.8. The maximum absolute atomic E-state index is 5.88. The fraction of sp³-hybridized carbons (Fsp3) is 0.353. The van der Waals surface area contributed by atoms with Crippen LogP contribution >= 0.6 is 0 Å². The van der Waals surface area contributed by atoms with Gasteiger partial charge in [-0.1, -0.05) is 30.3 Å². The molecule has 1 aromatic heterocycles. The first kappa shape index (κ1) is 13.3. The number of nitrogens with one attached hydrogen (secondary N) is 1. The van der Waals surface area contributed by atoms with Gasteiger partial charge in [-0.3, -0.25) is 4.98 Å². The topological polar surface area (TPSA) is 34.1 Å². The molecule has 0 radical (unpaired) electrons. The largest absolute Gasteiger partial charge is 0.372 e. The smallest absolute Gasteiger partial charge is 0.0952 e. The van der Waals surface area contributed by atoms with Crippen molar-refractivity contribution in [1.82, 2.24) is 10.3 Å². The number of ether oxygens (including phenoxy) is 1. The van der Waals surface area contributed by atoms with Crippen LogP contribution in [-0.2, 0) is 17.7 Å². The van der Waals surface area contributed by atoms with E-state index >= 15 is 0 Å². The van der Waals surface area contributed by atoms with E-state index in [0.29, 0.717) is 0 Å². The minimum atomic E-state index is 0.157. The predicted molar refractivity (Wildman–Crippen MR) is 79.5 cm³/mol. The van der Waals surface area contributed by atoms with Crippen LogP contribution in [0.4, 0.5) is 0 Å². The third-order valence-electron chi connectivity index (χ3n) is 3.67. The Morgan fingerprint density at radius 1 is 1.20 bits per heavy atom. The Morgan fingerprint density at radius 3 is 3.00 bits per heavy atom. The van der Waals surface area contributed by atoms with Crippen molar-refractivity contribution < 1.29 is 4.74 Å². The summed E-state index contributed by atoms with van der Waals surface area (Å²) >= 11 is 0. The molecule has 3 rings (SSSR count). The van der Waals surface area contributed by atoms with Crippen LogP contribution in [-0.4, -0.2) is 18.1 Å². The molecule has 0 saturated carbocycles. The SMILES string of the molecule is Cc1cccc(CNCC2OCCc3ccccc32)n1. The van der Waals surface area contributed by atoms with Crippen molar-refractivity contribution in [2.75, 3.05) is 13.2 Å². The van der Waals surface area contributed by atoms with E-state index in [0.717, 1.165) is 37.5 Å².